The second kappa shape index (κ2) is 6.09. The molecule has 0 aromatic heterocycles. The molecule has 0 saturated heterocycles. The molecular weight excluding hydrogens is 265 g/mol. The number of carbonyl (C=O) groups is 1. The number of carboxylic acids is 1. The Morgan fingerprint density at radius 1 is 1.35 bits per heavy atom. The minimum atomic E-state index is -1.62. The van der Waals surface area contributed by atoms with Crippen LogP contribution in [0.25, 0.3) is 0 Å². The summed E-state index contributed by atoms with van der Waals surface area (Å²) >= 11 is 0. The summed E-state index contributed by atoms with van der Waals surface area (Å²) in [5.41, 5.74) is 5.02. The van der Waals surface area contributed by atoms with E-state index in [4.69, 9.17) is 20.3 Å². The van der Waals surface area contributed by atoms with Crippen molar-refractivity contribution in [1.29, 1.82) is 0 Å². The maximum atomic E-state index is 14.2. The zero-order chi connectivity index (χ0) is 15.5. The standard InChI is InChI=1S/C14H20FNO4/c1-14(2,15)9-6-11(19-3)8(5-12(9)20-4)10(16)7-13(17)18/h5-6,10H,7,16H2,1-4H3,(H,17,18). The molecule has 1 aromatic rings. The van der Waals surface area contributed by atoms with Crippen LogP contribution in [0.15, 0.2) is 12.1 Å². The molecule has 3 N–H and O–H groups in total. The van der Waals surface area contributed by atoms with Crippen LogP contribution in [0.1, 0.15) is 37.4 Å². The van der Waals surface area contributed by atoms with Gasteiger partial charge in [-0.05, 0) is 26.0 Å². The lowest BCUT2D eigenvalue weighted by Gasteiger charge is -2.22. The number of methoxy groups -OCH3 is 2. The first-order valence-electron chi connectivity index (χ1n) is 6.13. The van der Waals surface area contributed by atoms with Crippen molar-refractivity contribution in [2.45, 2.75) is 32.0 Å². The highest BCUT2D eigenvalue weighted by atomic mass is 19.1. The molecule has 0 amide bonds. The molecule has 0 aliphatic heterocycles. The van der Waals surface area contributed by atoms with Crippen molar-refractivity contribution in [3.63, 3.8) is 0 Å². The lowest BCUT2D eigenvalue weighted by atomic mass is 9.94. The zero-order valence-corrected chi connectivity index (χ0v) is 12.1. The molecule has 20 heavy (non-hydrogen) atoms. The van der Waals surface area contributed by atoms with Crippen molar-refractivity contribution < 1.29 is 23.8 Å². The number of carboxylic acid groups (broad SMARTS) is 1. The van der Waals surface area contributed by atoms with Gasteiger partial charge in [-0.2, -0.15) is 0 Å². The fourth-order valence-corrected chi connectivity index (χ4v) is 1.97. The van der Waals surface area contributed by atoms with Gasteiger partial charge in [0.1, 0.15) is 17.2 Å². The van der Waals surface area contributed by atoms with E-state index in [-0.39, 0.29) is 6.42 Å². The topological polar surface area (TPSA) is 81.8 Å². The first kappa shape index (κ1) is 16.2. The molecule has 5 nitrogen and oxygen atoms in total. The van der Waals surface area contributed by atoms with Gasteiger partial charge in [-0.1, -0.05) is 0 Å². The van der Waals surface area contributed by atoms with Crippen LogP contribution in [0, 0.1) is 0 Å². The normalized spacial score (nSPS) is 12.9. The van der Waals surface area contributed by atoms with Crippen LogP contribution >= 0.6 is 0 Å². The van der Waals surface area contributed by atoms with E-state index in [0.29, 0.717) is 22.6 Å². The Labute approximate surface area is 117 Å². The number of rotatable bonds is 6. The molecule has 0 bridgehead atoms. The number of benzene rings is 1. The number of halogens is 1. The van der Waals surface area contributed by atoms with Gasteiger partial charge in [0.05, 0.1) is 20.6 Å². The smallest absolute Gasteiger partial charge is 0.305 e. The molecule has 1 atom stereocenters. The van der Waals surface area contributed by atoms with E-state index in [9.17, 15) is 9.18 Å². The fraction of sp³-hybridized carbons (Fsp3) is 0.500. The van der Waals surface area contributed by atoms with Gasteiger partial charge in [0.2, 0.25) is 0 Å². The Balaban J connectivity index is 3.36. The number of ether oxygens (including phenoxy) is 2. The Bertz CT molecular complexity index is 497. The Morgan fingerprint density at radius 2 is 1.90 bits per heavy atom. The monoisotopic (exact) mass is 285 g/mol. The molecule has 0 aliphatic rings. The van der Waals surface area contributed by atoms with E-state index in [2.05, 4.69) is 0 Å². The predicted octanol–water partition coefficient (Wildman–Crippen LogP) is 2.38. The number of hydrogen-bond donors (Lipinski definition) is 2. The summed E-state index contributed by atoms with van der Waals surface area (Å²) in [5.74, 6) is -0.358. The van der Waals surface area contributed by atoms with E-state index < -0.39 is 17.7 Å². The fourth-order valence-electron chi connectivity index (χ4n) is 1.97. The Kier molecular flexibility index (Phi) is 4.94. The minimum absolute atomic E-state index is 0.252. The highest BCUT2D eigenvalue weighted by Gasteiger charge is 2.27. The lowest BCUT2D eigenvalue weighted by molar-refractivity contribution is -0.137. The molecular formula is C14H20FNO4. The second-order valence-corrected chi connectivity index (χ2v) is 4.97. The summed E-state index contributed by atoms with van der Waals surface area (Å²) in [6.45, 7) is 2.81. The van der Waals surface area contributed by atoms with Gasteiger partial charge in [-0.15, -0.1) is 0 Å². The maximum Gasteiger partial charge on any atom is 0.305 e. The van der Waals surface area contributed by atoms with Crippen molar-refractivity contribution in [3.05, 3.63) is 23.3 Å². The van der Waals surface area contributed by atoms with Crippen molar-refractivity contribution >= 4 is 5.97 Å². The van der Waals surface area contributed by atoms with Crippen molar-refractivity contribution in [1.82, 2.24) is 0 Å². The van der Waals surface area contributed by atoms with Crippen LogP contribution in [0.3, 0.4) is 0 Å². The van der Waals surface area contributed by atoms with Gasteiger partial charge in [-0.25, -0.2) is 4.39 Å². The second-order valence-electron chi connectivity index (χ2n) is 4.97. The third kappa shape index (κ3) is 3.60. The molecule has 0 spiro atoms. The quantitative estimate of drug-likeness (QED) is 0.838. The van der Waals surface area contributed by atoms with E-state index in [1.807, 2.05) is 0 Å². The molecule has 1 rings (SSSR count). The lowest BCUT2D eigenvalue weighted by Crippen LogP contribution is -2.18. The Morgan fingerprint density at radius 3 is 2.30 bits per heavy atom. The van der Waals surface area contributed by atoms with E-state index in [0.717, 1.165) is 0 Å². The average molecular weight is 285 g/mol. The molecule has 0 aliphatic carbocycles. The molecule has 1 unspecified atom stereocenters. The largest absolute Gasteiger partial charge is 0.496 e. The van der Waals surface area contributed by atoms with E-state index in [1.165, 1.54) is 40.2 Å². The molecule has 1 aromatic carbocycles. The van der Waals surface area contributed by atoms with Crippen molar-refractivity contribution in [3.8, 4) is 11.5 Å². The SMILES string of the molecule is COc1cc(C(C)(C)F)c(OC)cc1C(N)CC(=O)O. The summed E-state index contributed by atoms with van der Waals surface area (Å²) in [5, 5.41) is 8.81. The van der Waals surface area contributed by atoms with E-state index in [1.54, 1.807) is 0 Å². The molecule has 112 valence electrons. The zero-order valence-electron chi connectivity index (χ0n) is 12.1. The van der Waals surface area contributed by atoms with Gasteiger partial charge in [0.15, 0.2) is 0 Å². The van der Waals surface area contributed by atoms with Gasteiger partial charge in [0, 0.05) is 17.2 Å². The number of nitrogens with two attached hydrogens (primary N) is 1. The van der Waals surface area contributed by atoms with Crippen LogP contribution in [0.4, 0.5) is 4.39 Å². The van der Waals surface area contributed by atoms with Crippen molar-refractivity contribution in [2.24, 2.45) is 5.73 Å². The first-order chi connectivity index (χ1) is 9.20. The maximum absolute atomic E-state index is 14.2. The summed E-state index contributed by atoms with van der Waals surface area (Å²) in [6.07, 6.45) is -0.252. The number of hydrogen-bond acceptors (Lipinski definition) is 4. The van der Waals surface area contributed by atoms with Gasteiger partial charge in [-0.3, -0.25) is 4.79 Å². The predicted molar refractivity (Wildman–Crippen MR) is 72.9 cm³/mol. The van der Waals surface area contributed by atoms with Crippen molar-refractivity contribution in [2.75, 3.05) is 14.2 Å². The summed E-state index contributed by atoms with van der Waals surface area (Å²) in [7, 11) is 2.84. The Hall–Kier alpha value is -1.82. The first-order valence-corrected chi connectivity index (χ1v) is 6.13. The summed E-state index contributed by atoms with van der Waals surface area (Å²) in [4.78, 5) is 10.8. The molecule has 0 heterocycles. The molecule has 6 heteroatoms. The van der Waals surface area contributed by atoms with Crippen LogP contribution in [0.2, 0.25) is 0 Å². The third-order valence-corrected chi connectivity index (χ3v) is 2.99. The molecule has 0 fully saturated rings. The van der Waals surface area contributed by atoms with Crippen LogP contribution in [-0.4, -0.2) is 25.3 Å². The minimum Gasteiger partial charge on any atom is -0.496 e. The van der Waals surface area contributed by atoms with Gasteiger partial charge < -0.3 is 20.3 Å². The van der Waals surface area contributed by atoms with E-state index >= 15 is 0 Å². The highest BCUT2D eigenvalue weighted by Crippen LogP contribution is 2.39. The molecule has 0 saturated carbocycles. The average Bonchev–Trinajstić information content (AvgIpc) is 2.35. The van der Waals surface area contributed by atoms with Crippen LogP contribution in [0.5, 0.6) is 11.5 Å². The van der Waals surface area contributed by atoms with Crippen LogP contribution in [-0.2, 0) is 10.5 Å². The number of alkyl halides is 1. The third-order valence-electron chi connectivity index (χ3n) is 2.99. The van der Waals surface area contributed by atoms with Gasteiger partial charge >= 0.3 is 5.97 Å². The summed E-state index contributed by atoms with van der Waals surface area (Å²) in [6, 6.07) is 2.27. The summed E-state index contributed by atoms with van der Waals surface area (Å²) < 4.78 is 24.5. The van der Waals surface area contributed by atoms with Gasteiger partial charge in [0.25, 0.3) is 0 Å². The number of aliphatic carboxylic acids is 1. The molecule has 0 radical (unpaired) electrons. The highest BCUT2D eigenvalue weighted by molar-refractivity contribution is 5.68. The van der Waals surface area contributed by atoms with Crippen LogP contribution < -0.4 is 15.2 Å².